The van der Waals surface area contributed by atoms with Crippen molar-refractivity contribution in [2.45, 2.75) is 78.0 Å². The van der Waals surface area contributed by atoms with E-state index in [1.807, 2.05) is 112 Å². The van der Waals surface area contributed by atoms with Crippen molar-refractivity contribution >= 4 is 17.9 Å². The molecule has 10 rings (SSSR count). The molecule has 3 N–H and O–H groups in total. The molecule has 77 heavy (non-hydrogen) atoms. The van der Waals surface area contributed by atoms with Crippen molar-refractivity contribution in [3.63, 3.8) is 0 Å². The molecule has 3 amide bonds. The largest absolute Gasteiger partial charge is 0.489 e. The number of fused-ring (bicyclic) bond motifs is 2. The summed E-state index contributed by atoms with van der Waals surface area (Å²) in [4.78, 5) is 44.5. The predicted molar refractivity (Wildman–Crippen MR) is 292 cm³/mol. The molecule has 0 spiro atoms. The number of hydrogen-bond acceptors (Lipinski definition) is 13. The van der Waals surface area contributed by atoms with Crippen LogP contribution in [-0.4, -0.2) is 116 Å². The van der Waals surface area contributed by atoms with Crippen molar-refractivity contribution < 1.29 is 47.5 Å². The SMILES string of the molecule is CC(C)(C)OC(=O)N1CCN(Cc2ccc(CNC(=O)C3COc4ccc(OCc5ccccc5)cc4O3)cc2)CC1.O=C(NCc1ccc(CN2CCNCC2)cc1)C1COc2ccc(OCc3ccccc3)cc2O1. The fourth-order valence-electron chi connectivity index (χ4n) is 8.96. The molecule has 0 radical (unpaired) electrons. The van der Waals surface area contributed by atoms with Gasteiger partial charge in [-0.1, -0.05) is 109 Å². The summed E-state index contributed by atoms with van der Waals surface area (Å²) in [5.74, 6) is 3.08. The molecule has 2 saturated heterocycles. The first-order valence-electron chi connectivity index (χ1n) is 26.5. The first-order chi connectivity index (χ1) is 37.4. The monoisotopic (exact) mass is 1050 g/mol. The summed E-state index contributed by atoms with van der Waals surface area (Å²) in [5.41, 5.74) is 6.17. The van der Waals surface area contributed by atoms with E-state index < -0.39 is 17.8 Å². The lowest BCUT2D eigenvalue weighted by Crippen LogP contribution is -2.49. The van der Waals surface area contributed by atoms with Crippen LogP contribution in [0.1, 0.15) is 54.2 Å². The second kappa shape index (κ2) is 26.3. The Morgan fingerprint density at radius 3 is 1.39 bits per heavy atom. The van der Waals surface area contributed by atoms with Crippen molar-refractivity contribution in [2.24, 2.45) is 0 Å². The molecule has 4 heterocycles. The van der Waals surface area contributed by atoms with E-state index in [9.17, 15) is 14.4 Å². The van der Waals surface area contributed by atoms with Gasteiger partial charge in [-0.15, -0.1) is 0 Å². The van der Waals surface area contributed by atoms with Crippen molar-refractivity contribution in [1.82, 2.24) is 30.7 Å². The van der Waals surface area contributed by atoms with E-state index in [1.54, 1.807) is 23.1 Å². The molecule has 6 aromatic rings. The average molecular weight is 1050 g/mol. The number of piperazine rings is 2. The Morgan fingerprint density at radius 2 is 0.948 bits per heavy atom. The molecule has 0 aliphatic carbocycles. The van der Waals surface area contributed by atoms with Crippen LogP contribution in [-0.2, 0) is 53.7 Å². The molecule has 2 unspecified atom stereocenters. The van der Waals surface area contributed by atoms with E-state index in [-0.39, 0.29) is 31.1 Å². The molecular weight excluding hydrogens is 977 g/mol. The zero-order valence-corrected chi connectivity index (χ0v) is 44.2. The zero-order valence-electron chi connectivity index (χ0n) is 44.2. The minimum Gasteiger partial charge on any atom is -0.489 e. The first kappa shape index (κ1) is 54.0. The average Bonchev–Trinajstić information content (AvgIpc) is 3.46. The molecule has 16 nitrogen and oxygen atoms in total. The van der Waals surface area contributed by atoms with Crippen LogP contribution >= 0.6 is 0 Å². The number of carbonyl (C=O) groups excluding carboxylic acids is 3. The number of amides is 3. The number of nitrogens with zero attached hydrogens (tertiary/aromatic N) is 3. The van der Waals surface area contributed by atoms with Crippen LogP contribution in [0.3, 0.4) is 0 Å². The molecule has 4 aliphatic rings. The van der Waals surface area contributed by atoms with Gasteiger partial charge in [0.2, 0.25) is 12.2 Å². The summed E-state index contributed by atoms with van der Waals surface area (Å²) in [6.07, 6.45) is -1.71. The Kier molecular flexibility index (Phi) is 18.5. The lowest BCUT2D eigenvalue weighted by molar-refractivity contribution is -0.131. The molecule has 0 aromatic heterocycles. The van der Waals surface area contributed by atoms with E-state index in [4.69, 9.17) is 33.2 Å². The Hall–Kier alpha value is -7.79. The van der Waals surface area contributed by atoms with Crippen molar-refractivity contribution in [1.29, 1.82) is 0 Å². The first-order valence-corrected chi connectivity index (χ1v) is 26.5. The van der Waals surface area contributed by atoms with Crippen LogP contribution in [0, 0.1) is 0 Å². The molecule has 404 valence electrons. The van der Waals surface area contributed by atoms with Gasteiger partial charge in [0, 0.05) is 90.7 Å². The highest BCUT2D eigenvalue weighted by atomic mass is 16.6. The minimum atomic E-state index is -0.750. The van der Waals surface area contributed by atoms with Crippen LogP contribution in [0.25, 0.3) is 0 Å². The Labute approximate surface area is 451 Å². The summed E-state index contributed by atoms with van der Waals surface area (Å²) >= 11 is 0. The molecule has 2 fully saturated rings. The highest BCUT2D eigenvalue weighted by molar-refractivity contribution is 5.82. The number of hydrogen-bond donors (Lipinski definition) is 3. The summed E-state index contributed by atoms with van der Waals surface area (Å²) in [5, 5.41) is 9.30. The van der Waals surface area contributed by atoms with Gasteiger partial charge in [0.25, 0.3) is 11.8 Å². The normalized spacial score (nSPS) is 17.2. The van der Waals surface area contributed by atoms with Crippen LogP contribution in [0.4, 0.5) is 4.79 Å². The Balaban J connectivity index is 0.000000191. The fourth-order valence-corrected chi connectivity index (χ4v) is 8.96. The summed E-state index contributed by atoms with van der Waals surface area (Å²) < 4.78 is 40.7. The number of ether oxygens (including phenoxy) is 7. The maximum Gasteiger partial charge on any atom is 0.410 e. The van der Waals surface area contributed by atoms with E-state index in [0.717, 1.165) is 74.6 Å². The maximum atomic E-state index is 12.9. The lowest BCUT2D eigenvalue weighted by atomic mass is 10.1. The molecule has 6 aromatic carbocycles. The number of nitrogens with one attached hydrogen (secondary N) is 3. The highest BCUT2D eigenvalue weighted by Gasteiger charge is 2.30. The topological polar surface area (TPSA) is 162 Å². The van der Waals surface area contributed by atoms with Crippen LogP contribution in [0.5, 0.6) is 34.5 Å². The maximum absolute atomic E-state index is 12.9. The molecule has 0 saturated carbocycles. The van der Waals surface area contributed by atoms with Crippen LogP contribution in [0.15, 0.2) is 146 Å². The van der Waals surface area contributed by atoms with Gasteiger partial charge in [-0.3, -0.25) is 19.4 Å². The quantitative estimate of drug-likeness (QED) is 0.0859. The Bertz CT molecular complexity index is 2850. The van der Waals surface area contributed by atoms with Crippen LogP contribution in [0.2, 0.25) is 0 Å². The zero-order chi connectivity index (χ0) is 53.4. The number of rotatable bonds is 16. The van der Waals surface area contributed by atoms with Crippen molar-refractivity contribution in [2.75, 3.05) is 65.6 Å². The van der Waals surface area contributed by atoms with Crippen molar-refractivity contribution in [3.05, 3.63) is 179 Å². The van der Waals surface area contributed by atoms with Gasteiger partial charge in [-0.2, -0.15) is 0 Å². The van der Waals surface area contributed by atoms with Gasteiger partial charge >= 0.3 is 6.09 Å². The summed E-state index contributed by atoms with van der Waals surface area (Å²) in [7, 11) is 0. The van der Waals surface area contributed by atoms with E-state index >= 15 is 0 Å². The number of benzene rings is 6. The third-order valence-electron chi connectivity index (χ3n) is 13.3. The molecule has 16 heteroatoms. The fraction of sp³-hybridized carbons (Fsp3) is 0.361. The minimum absolute atomic E-state index is 0.142. The van der Waals surface area contributed by atoms with Crippen molar-refractivity contribution in [3.8, 4) is 34.5 Å². The lowest BCUT2D eigenvalue weighted by Gasteiger charge is -2.35. The van der Waals surface area contributed by atoms with Gasteiger partial charge in [-0.25, -0.2) is 4.79 Å². The van der Waals surface area contributed by atoms with Gasteiger partial charge in [0.15, 0.2) is 23.0 Å². The predicted octanol–water partition coefficient (Wildman–Crippen LogP) is 7.90. The third-order valence-corrected chi connectivity index (χ3v) is 13.3. The van der Waals surface area contributed by atoms with Crippen LogP contribution < -0.4 is 44.4 Å². The molecule has 4 aliphatic heterocycles. The van der Waals surface area contributed by atoms with Gasteiger partial charge in [-0.05, 0) is 78.4 Å². The second-order valence-electron chi connectivity index (χ2n) is 20.4. The molecule has 2 atom stereocenters. The number of carbonyl (C=O) groups is 3. The third kappa shape index (κ3) is 16.4. The molecular formula is C61H70N6O10. The summed E-state index contributed by atoms with van der Waals surface area (Å²) in [6, 6.07) is 47.3. The van der Waals surface area contributed by atoms with E-state index in [1.165, 1.54) is 11.1 Å². The highest BCUT2D eigenvalue weighted by Crippen LogP contribution is 2.37. The molecule has 0 bridgehead atoms. The van der Waals surface area contributed by atoms with Gasteiger partial charge in [0.05, 0.1) is 0 Å². The van der Waals surface area contributed by atoms with Gasteiger partial charge in [0.1, 0.15) is 43.5 Å². The van der Waals surface area contributed by atoms with E-state index in [0.29, 0.717) is 73.9 Å². The smallest absolute Gasteiger partial charge is 0.410 e. The van der Waals surface area contributed by atoms with E-state index in [2.05, 4.69) is 62.1 Å². The summed E-state index contributed by atoms with van der Waals surface area (Å²) in [6.45, 7) is 16.6. The second-order valence-corrected chi connectivity index (χ2v) is 20.4. The van der Waals surface area contributed by atoms with Gasteiger partial charge < -0.3 is 54.0 Å². The standard InChI is InChI=1S/C33H39N3O6.C28H31N3O4/c1-33(2,3)42-32(38)36-17-15-35(16-18-36)21-25-11-9-24(10-12-25)20-34-31(37)30-23-40-28-14-13-27(19-29(28)41-30)39-22-26-7-5-4-6-8-26;32-28(30-17-21-6-8-22(9-7-21)18-31-14-12-29-13-15-31)27-20-34-25-11-10-24(16-26(25)35-27)33-19-23-4-2-1-3-5-23/h4-14,19,30H,15-18,20-23H2,1-3H3,(H,34,37);1-11,16,27,29H,12-15,17-20H2,(H,30,32). The Morgan fingerprint density at radius 1 is 0.519 bits per heavy atom.